The van der Waals surface area contributed by atoms with Gasteiger partial charge in [-0.2, -0.15) is 5.10 Å². The van der Waals surface area contributed by atoms with E-state index in [9.17, 15) is 14.3 Å². The Kier molecular flexibility index (Phi) is 5.30. The predicted octanol–water partition coefficient (Wildman–Crippen LogP) is 3.08. The van der Waals surface area contributed by atoms with Crippen molar-refractivity contribution in [3.63, 3.8) is 0 Å². The molecule has 5 nitrogen and oxygen atoms in total. The van der Waals surface area contributed by atoms with E-state index in [1.54, 1.807) is 38.3 Å². The molecule has 6 heteroatoms. The Bertz CT molecular complexity index is 727. The fraction of sp³-hybridized carbons (Fsp3) is 0.176. The number of carbonyl (C=O) groups excluding carboxylic acids is 1. The van der Waals surface area contributed by atoms with Crippen molar-refractivity contribution in [3.8, 4) is 11.5 Å². The Morgan fingerprint density at radius 2 is 1.96 bits per heavy atom. The summed E-state index contributed by atoms with van der Waals surface area (Å²) in [5, 5.41) is 13.8. The van der Waals surface area contributed by atoms with Gasteiger partial charge in [0.2, 0.25) is 0 Å². The summed E-state index contributed by atoms with van der Waals surface area (Å²) in [5.74, 6) is -0.343. The van der Waals surface area contributed by atoms with Gasteiger partial charge in [-0.1, -0.05) is 6.92 Å². The zero-order valence-corrected chi connectivity index (χ0v) is 12.8. The lowest BCUT2D eigenvalue weighted by molar-refractivity contribution is 0.0954. The van der Waals surface area contributed by atoms with Gasteiger partial charge in [0.15, 0.2) is 0 Å². The number of ether oxygens (including phenoxy) is 1. The van der Waals surface area contributed by atoms with E-state index in [1.807, 2.05) is 0 Å². The van der Waals surface area contributed by atoms with Crippen molar-refractivity contribution in [2.75, 3.05) is 7.11 Å². The van der Waals surface area contributed by atoms with Gasteiger partial charge in [0.05, 0.1) is 12.8 Å². The Morgan fingerprint density at radius 1 is 1.26 bits per heavy atom. The zero-order valence-electron chi connectivity index (χ0n) is 12.8. The largest absolute Gasteiger partial charge is 0.507 e. The van der Waals surface area contributed by atoms with Crippen LogP contribution in [0.5, 0.6) is 11.5 Å². The normalized spacial score (nSPS) is 11.2. The average molecular weight is 316 g/mol. The second-order valence-corrected chi connectivity index (χ2v) is 4.74. The number of halogens is 1. The van der Waals surface area contributed by atoms with Crippen LogP contribution in [0.25, 0.3) is 0 Å². The first kappa shape index (κ1) is 16.5. The summed E-state index contributed by atoms with van der Waals surface area (Å²) in [4.78, 5) is 12.1. The van der Waals surface area contributed by atoms with Gasteiger partial charge in [0.1, 0.15) is 17.3 Å². The minimum Gasteiger partial charge on any atom is -0.507 e. The van der Waals surface area contributed by atoms with Crippen molar-refractivity contribution in [2.45, 2.75) is 13.3 Å². The number of nitrogens with zero attached hydrogens (tertiary/aromatic N) is 1. The molecule has 2 aromatic carbocycles. The van der Waals surface area contributed by atoms with E-state index in [-0.39, 0.29) is 11.3 Å². The second kappa shape index (κ2) is 7.40. The molecule has 120 valence electrons. The van der Waals surface area contributed by atoms with Gasteiger partial charge in [-0.3, -0.25) is 4.79 Å². The molecule has 2 N–H and O–H groups in total. The monoisotopic (exact) mass is 316 g/mol. The van der Waals surface area contributed by atoms with Gasteiger partial charge in [-0.05, 0) is 48.9 Å². The van der Waals surface area contributed by atoms with Crippen LogP contribution in [0.3, 0.4) is 0 Å². The number of amides is 1. The smallest absolute Gasteiger partial charge is 0.271 e. The number of hydrazone groups is 1. The summed E-state index contributed by atoms with van der Waals surface area (Å²) in [5.41, 5.74) is 3.45. The highest BCUT2D eigenvalue weighted by molar-refractivity contribution is 6.04. The first-order valence-electron chi connectivity index (χ1n) is 7.05. The maximum absolute atomic E-state index is 13.3. The van der Waals surface area contributed by atoms with E-state index in [0.29, 0.717) is 23.4 Å². The van der Waals surface area contributed by atoms with Gasteiger partial charge in [-0.25, -0.2) is 9.82 Å². The Morgan fingerprint density at radius 3 is 2.57 bits per heavy atom. The highest BCUT2D eigenvalue weighted by Crippen LogP contribution is 2.20. The molecule has 2 aromatic rings. The molecule has 0 atom stereocenters. The molecule has 0 aromatic heterocycles. The van der Waals surface area contributed by atoms with Crippen LogP contribution in [0.1, 0.15) is 29.3 Å². The van der Waals surface area contributed by atoms with Crippen LogP contribution in [-0.4, -0.2) is 23.8 Å². The van der Waals surface area contributed by atoms with Crippen molar-refractivity contribution < 1.29 is 19.0 Å². The number of methoxy groups -OCH3 is 1. The molecule has 0 spiro atoms. The van der Waals surface area contributed by atoms with Crippen molar-refractivity contribution in [1.82, 2.24) is 5.43 Å². The molecule has 23 heavy (non-hydrogen) atoms. The topological polar surface area (TPSA) is 70.9 Å². The Hall–Kier alpha value is -2.89. The number of nitrogens with one attached hydrogen (secondary N) is 1. The molecular weight excluding hydrogens is 299 g/mol. The first-order chi connectivity index (χ1) is 11.0. The van der Waals surface area contributed by atoms with Crippen molar-refractivity contribution >= 4 is 11.6 Å². The molecule has 0 aliphatic heterocycles. The standard InChI is InChI=1S/C17H17FN2O3/c1-3-15(14-10-12(18)6-9-16(14)21)19-20-17(22)11-4-7-13(23-2)8-5-11/h4-10,21H,3H2,1-2H3,(H,20,22)/b19-15+. The number of hydrogen-bond acceptors (Lipinski definition) is 4. The summed E-state index contributed by atoms with van der Waals surface area (Å²) in [6.07, 6.45) is 0.417. The van der Waals surface area contributed by atoms with E-state index in [2.05, 4.69) is 10.5 Å². The third-order valence-corrected chi connectivity index (χ3v) is 3.25. The maximum Gasteiger partial charge on any atom is 0.271 e. The van der Waals surface area contributed by atoms with Crippen LogP contribution < -0.4 is 10.2 Å². The lowest BCUT2D eigenvalue weighted by Gasteiger charge is -2.08. The summed E-state index contributed by atoms with van der Waals surface area (Å²) in [6, 6.07) is 10.1. The third-order valence-electron chi connectivity index (χ3n) is 3.25. The number of carbonyl (C=O) groups is 1. The van der Waals surface area contributed by atoms with Crippen LogP contribution in [-0.2, 0) is 0 Å². The number of aromatic hydroxyl groups is 1. The quantitative estimate of drug-likeness (QED) is 0.658. The molecule has 0 saturated heterocycles. The van der Waals surface area contributed by atoms with Gasteiger partial charge >= 0.3 is 0 Å². The Labute approximate surface area is 133 Å². The fourth-order valence-corrected chi connectivity index (χ4v) is 1.99. The van der Waals surface area contributed by atoms with Crippen molar-refractivity contribution in [2.24, 2.45) is 5.10 Å². The lowest BCUT2D eigenvalue weighted by Crippen LogP contribution is -2.20. The number of phenolic OH excluding ortho intramolecular Hbond substituents is 1. The minimum absolute atomic E-state index is 0.0919. The SMILES string of the molecule is CC/C(=N\NC(=O)c1ccc(OC)cc1)c1cc(F)ccc1O. The number of rotatable bonds is 5. The summed E-state index contributed by atoms with van der Waals surface area (Å²) in [7, 11) is 1.54. The number of benzene rings is 2. The number of phenols is 1. The Balaban J connectivity index is 2.18. The number of hydrogen-bond donors (Lipinski definition) is 2. The molecule has 2 rings (SSSR count). The molecule has 1 amide bonds. The lowest BCUT2D eigenvalue weighted by atomic mass is 10.1. The molecule has 0 heterocycles. The summed E-state index contributed by atoms with van der Waals surface area (Å²) >= 11 is 0. The van der Waals surface area contributed by atoms with Crippen molar-refractivity contribution in [1.29, 1.82) is 0 Å². The highest BCUT2D eigenvalue weighted by Gasteiger charge is 2.10. The van der Waals surface area contributed by atoms with Gasteiger partial charge in [-0.15, -0.1) is 0 Å². The van der Waals surface area contributed by atoms with Crippen LogP contribution in [0.4, 0.5) is 4.39 Å². The highest BCUT2D eigenvalue weighted by atomic mass is 19.1. The van der Waals surface area contributed by atoms with E-state index in [0.717, 1.165) is 6.07 Å². The molecule has 0 aliphatic rings. The zero-order chi connectivity index (χ0) is 16.8. The predicted molar refractivity (Wildman–Crippen MR) is 85.4 cm³/mol. The van der Waals surface area contributed by atoms with Crippen molar-refractivity contribution in [3.05, 3.63) is 59.4 Å². The molecule has 0 radical (unpaired) electrons. The summed E-state index contributed by atoms with van der Waals surface area (Å²) in [6.45, 7) is 1.79. The molecule has 0 unspecified atom stereocenters. The molecule has 0 bridgehead atoms. The minimum atomic E-state index is -0.486. The molecule has 0 saturated carbocycles. The van der Waals surface area contributed by atoms with E-state index in [1.165, 1.54) is 12.1 Å². The molecule has 0 fully saturated rings. The van der Waals surface area contributed by atoms with Crippen LogP contribution in [0.15, 0.2) is 47.6 Å². The van der Waals surface area contributed by atoms with E-state index in [4.69, 9.17) is 4.74 Å². The summed E-state index contributed by atoms with van der Waals surface area (Å²) < 4.78 is 18.3. The van der Waals surface area contributed by atoms with E-state index < -0.39 is 11.7 Å². The average Bonchev–Trinajstić information content (AvgIpc) is 2.58. The third kappa shape index (κ3) is 4.06. The van der Waals surface area contributed by atoms with Crippen LogP contribution in [0.2, 0.25) is 0 Å². The fourth-order valence-electron chi connectivity index (χ4n) is 1.99. The van der Waals surface area contributed by atoms with Gasteiger partial charge in [0.25, 0.3) is 5.91 Å². The molecule has 0 aliphatic carbocycles. The van der Waals surface area contributed by atoms with Crippen LogP contribution in [0, 0.1) is 5.82 Å². The van der Waals surface area contributed by atoms with Crippen LogP contribution >= 0.6 is 0 Å². The van der Waals surface area contributed by atoms with Gasteiger partial charge < -0.3 is 9.84 Å². The second-order valence-electron chi connectivity index (χ2n) is 4.74. The molecular formula is C17H17FN2O3. The van der Waals surface area contributed by atoms with Gasteiger partial charge in [0, 0.05) is 11.1 Å². The van der Waals surface area contributed by atoms with E-state index >= 15 is 0 Å². The maximum atomic E-state index is 13.3. The first-order valence-corrected chi connectivity index (χ1v) is 7.05.